The Morgan fingerprint density at radius 1 is 1.41 bits per heavy atom. The highest BCUT2D eigenvalue weighted by Crippen LogP contribution is 2.23. The largest absolute Gasteiger partial charge is 0.341 e. The third kappa shape index (κ3) is 3.12. The van der Waals surface area contributed by atoms with Crippen molar-refractivity contribution in [1.29, 1.82) is 0 Å². The minimum Gasteiger partial charge on any atom is -0.341 e. The third-order valence-corrected chi connectivity index (χ3v) is 3.66. The van der Waals surface area contributed by atoms with Gasteiger partial charge < -0.3 is 10.6 Å². The Labute approximate surface area is 110 Å². The molecule has 1 amide bonds. The number of likely N-dealkylation sites (tertiary alicyclic amines) is 1. The van der Waals surface area contributed by atoms with E-state index in [0.717, 1.165) is 18.5 Å². The van der Waals surface area contributed by atoms with Gasteiger partial charge in [0.2, 0.25) is 5.91 Å². The molecule has 2 rings (SSSR count). The number of amides is 1. The first kappa shape index (κ1) is 12.7. The third-order valence-electron chi connectivity index (χ3n) is 2.92. The van der Waals surface area contributed by atoms with Crippen LogP contribution in [0.3, 0.4) is 0 Å². The fourth-order valence-corrected chi connectivity index (χ4v) is 2.27. The first-order chi connectivity index (χ1) is 8.06. The molecule has 0 saturated carbocycles. The predicted octanol–water partition coefficient (Wildman–Crippen LogP) is 2.10. The first-order valence-electron chi connectivity index (χ1n) is 5.53. The van der Waals surface area contributed by atoms with E-state index in [1.165, 1.54) is 0 Å². The highest BCUT2D eigenvalue weighted by Gasteiger charge is 2.23. The minimum absolute atomic E-state index is 0.0938. The Morgan fingerprint density at radius 3 is 2.76 bits per heavy atom. The fraction of sp³-hybridized carbons (Fsp3) is 0.417. The van der Waals surface area contributed by atoms with Gasteiger partial charge in [-0.3, -0.25) is 4.79 Å². The summed E-state index contributed by atoms with van der Waals surface area (Å²) in [5, 5.41) is 0.987. The molecule has 0 spiro atoms. The van der Waals surface area contributed by atoms with Crippen LogP contribution in [-0.2, 0) is 11.2 Å². The number of benzene rings is 1. The summed E-state index contributed by atoms with van der Waals surface area (Å²) in [4.78, 5) is 13.7. The van der Waals surface area contributed by atoms with Gasteiger partial charge in [-0.05, 0) is 24.1 Å². The number of hydrogen-bond acceptors (Lipinski definition) is 2. The molecule has 5 heteroatoms. The van der Waals surface area contributed by atoms with Crippen LogP contribution >= 0.6 is 23.2 Å². The van der Waals surface area contributed by atoms with Crippen LogP contribution in [0.2, 0.25) is 10.0 Å². The Bertz CT molecular complexity index is 437. The topological polar surface area (TPSA) is 46.3 Å². The number of carbonyl (C=O) groups excluding carboxylic acids is 1. The van der Waals surface area contributed by atoms with E-state index in [4.69, 9.17) is 28.9 Å². The summed E-state index contributed by atoms with van der Waals surface area (Å²) >= 11 is 11.7. The molecule has 0 radical (unpaired) electrons. The highest BCUT2D eigenvalue weighted by molar-refractivity contribution is 6.42. The standard InChI is InChI=1S/C12H14Cl2N2O/c13-10-2-1-8(5-11(10)14)6-12(17)16-4-3-9(15)7-16/h1-2,5,9H,3-4,6-7,15H2. The zero-order chi connectivity index (χ0) is 12.4. The van der Waals surface area contributed by atoms with Crippen molar-refractivity contribution in [2.75, 3.05) is 13.1 Å². The minimum atomic E-state index is 0.0938. The lowest BCUT2D eigenvalue weighted by Crippen LogP contribution is -2.32. The van der Waals surface area contributed by atoms with Crippen LogP contribution < -0.4 is 5.73 Å². The van der Waals surface area contributed by atoms with Gasteiger partial charge in [0, 0.05) is 19.1 Å². The second-order valence-corrected chi connectivity index (χ2v) is 5.13. The van der Waals surface area contributed by atoms with Crippen molar-refractivity contribution in [3.8, 4) is 0 Å². The van der Waals surface area contributed by atoms with Crippen LogP contribution in [0.25, 0.3) is 0 Å². The number of rotatable bonds is 2. The molecule has 1 atom stereocenters. The van der Waals surface area contributed by atoms with Crippen molar-refractivity contribution < 1.29 is 4.79 Å². The van der Waals surface area contributed by atoms with Crippen LogP contribution in [-0.4, -0.2) is 29.9 Å². The van der Waals surface area contributed by atoms with Crippen LogP contribution in [0, 0.1) is 0 Å². The van der Waals surface area contributed by atoms with Crippen LogP contribution in [0.1, 0.15) is 12.0 Å². The van der Waals surface area contributed by atoms with Gasteiger partial charge in [-0.25, -0.2) is 0 Å². The van der Waals surface area contributed by atoms with E-state index in [2.05, 4.69) is 0 Å². The molecule has 1 aliphatic heterocycles. The fourth-order valence-electron chi connectivity index (χ4n) is 1.95. The summed E-state index contributed by atoms with van der Waals surface area (Å²) in [6, 6.07) is 5.38. The average molecular weight is 273 g/mol. The SMILES string of the molecule is NC1CCN(C(=O)Cc2ccc(Cl)c(Cl)c2)C1. The normalized spacial score (nSPS) is 19.7. The van der Waals surface area contributed by atoms with Crippen molar-refractivity contribution in [3.63, 3.8) is 0 Å². The summed E-state index contributed by atoms with van der Waals surface area (Å²) in [5.74, 6) is 0.0938. The van der Waals surface area contributed by atoms with Crippen molar-refractivity contribution in [1.82, 2.24) is 4.90 Å². The van der Waals surface area contributed by atoms with E-state index in [1.54, 1.807) is 17.0 Å². The summed E-state index contributed by atoms with van der Waals surface area (Å²) in [6.45, 7) is 1.40. The number of nitrogens with two attached hydrogens (primary N) is 1. The van der Waals surface area contributed by atoms with Gasteiger partial charge in [0.25, 0.3) is 0 Å². The van der Waals surface area contributed by atoms with Crippen molar-refractivity contribution in [3.05, 3.63) is 33.8 Å². The molecule has 2 N–H and O–H groups in total. The van der Waals surface area contributed by atoms with Crippen molar-refractivity contribution in [2.24, 2.45) is 5.73 Å². The molecule has 1 aromatic carbocycles. The molecule has 92 valence electrons. The quantitative estimate of drug-likeness (QED) is 0.896. The van der Waals surface area contributed by atoms with Gasteiger partial charge in [0.05, 0.1) is 16.5 Å². The lowest BCUT2D eigenvalue weighted by atomic mass is 10.1. The van der Waals surface area contributed by atoms with Gasteiger partial charge in [-0.15, -0.1) is 0 Å². The Kier molecular flexibility index (Phi) is 3.92. The molecule has 0 aromatic heterocycles. The van der Waals surface area contributed by atoms with Crippen molar-refractivity contribution >= 4 is 29.1 Å². The molecule has 0 aliphatic carbocycles. The smallest absolute Gasteiger partial charge is 0.227 e. The van der Waals surface area contributed by atoms with E-state index in [-0.39, 0.29) is 11.9 Å². The second kappa shape index (κ2) is 5.25. The monoisotopic (exact) mass is 272 g/mol. The molecule has 1 heterocycles. The Hall–Kier alpha value is -0.770. The van der Waals surface area contributed by atoms with Gasteiger partial charge in [0.15, 0.2) is 0 Å². The molecule has 1 fully saturated rings. The van der Waals surface area contributed by atoms with Crippen LogP contribution in [0.4, 0.5) is 0 Å². The molecule has 1 aliphatic rings. The molecular formula is C12H14Cl2N2O. The summed E-state index contributed by atoms with van der Waals surface area (Å²) in [7, 11) is 0. The maximum atomic E-state index is 12.0. The summed E-state index contributed by atoms with van der Waals surface area (Å²) in [5.41, 5.74) is 6.65. The molecule has 1 unspecified atom stereocenters. The van der Waals surface area contributed by atoms with E-state index < -0.39 is 0 Å². The molecule has 1 aromatic rings. The van der Waals surface area contributed by atoms with E-state index in [9.17, 15) is 4.79 Å². The second-order valence-electron chi connectivity index (χ2n) is 4.31. The van der Waals surface area contributed by atoms with Gasteiger partial charge >= 0.3 is 0 Å². The summed E-state index contributed by atoms with van der Waals surface area (Å²) in [6.07, 6.45) is 1.23. The van der Waals surface area contributed by atoms with Gasteiger partial charge in [-0.1, -0.05) is 29.3 Å². The highest BCUT2D eigenvalue weighted by atomic mass is 35.5. The van der Waals surface area contributed by atoms with Gasteiger partial charge in [0.1, 0.15) is 0 Å². The number of carbonyl (C=O) groups is 1. The Balaban J connectivity index is 2.00. The average Bonchev–Trinajstić information content (AvgIpc) is 2.70. The lowest BCUT2D eigenvalue weighted by molar-refractivity contribution is -0.129. The zero-order valence-corrected chi connectivity index (χ0v) is 10.8. The molecule has 3 nitrogen and oxygen atoms in total. The number of hydrogen-bond donors (Lipinski definition) is 1. The first-order valence-corrected chi connectivity index (χ1v) is 6.29. The van der Waals surface area contributed by atoms with E-state index >= 15 is 0 Å². The van der Waals surface area contributed by atoms with Crippen molar-refractivity contribution in [2.45, 2.75) is 18.9 Å². The molecule has 0 bridgehead atoms. The number of halogens is 2. The lowest BCUT2D eigenvalue weighted by Gasteiger charge is -2.15. The maximum Gasteiger partial charge on any atom is 0.227 e. The van der Waals surface area contributed by atoms with Crippen LogP contribution in [0.15, 0.2) is 18.2 Å². The maximum absolute atomic E-state index is 12.0. The van der Waals surface area contributed by atoms with Gasteiger partial charge in [-0.2, -0.15) is 0 Å². The zero-order valence-electron chi connectivity index (χ0n) is 9.33. The Morgan fingerprint density at radius 2 is 2.18 bits per heavy atom. The van der Waals surface area contributed by atoms with E-state index in [1.807, 2.05) is 6.07 Å². The van der Waals surface area contributed by atoms with Crippen LogP contribution in [0.5, 0.6) is 0 Å². The van der Waals surface area contributed by atoms with E-state index in [0.29, 0.717) is 23.0 Å². The molecule has 1 saturated heterocycles. The molecular weight excluding hydrogens is 259 g/mol. The summed E-state index contributed by atoms with van der Waals surface area (Å²) < 4.78 is 0. The number of nitrogens with zero attached hydrogens (tertiary/aromatic N) is 1. The molecule has 17 heavy (non-hydrogen) atoms. The predicted molar refractivity (Wildman–Crippen MR) is 69.3 cm³/mol.